The van der Waals surface area contributed by atoms with Gasteiger partial charge in [-0.15, -0.1) is 0 Å². The van der Waals surface area contributed by atoms with Crippen molar-refractivity contribution in [3.8, 4) is 0 Å². The van der Waals surface area contributed by atoms with Gasteiger partial charge in [0.2, 0.25) is 5.91 Å². The summed E-state index contributed by atoms with van der Waals surface area (Å²) in [5, 5.41) is 18.4. The summed E-state index contributed by atoms with van der Waals surface area (Å²) in [5.74, 6) is -4.52. The highest BCUT2D eigenvalue weighted by Crippen LogP contribution is 2.35. The van der Waals surface area contributed by atoms with Crippen molar-refractivity contribution in [3.63, 3.8) is 0 Å². The number of likely N-dealkylation sites (tertiary alicyclic amines) is 1. The average molecular weight is 541 g/mol. The highest BCUT2D eigenvalue weighted by Gasteiger charge is 2.43. The molecule has 15 heteroatoms. The predicted octanol–water partition coefficient (Wildman–Crippen LogP) is 3.89. The Labute approximate surface area is 204 Å². The van der Waals surface area contributed by atoms with Crippen LogP contribution in [0, 0.1) is 11.8 Å². The summed E-state index contributed by atoms with van der Waals surface area (Å²) in [6.07, 6.45) is -5.39. The lowest BCUT2D eigenvalue weighted by Gasteiger charge is -2.33. The molecule has 0 aliphatic carbocycles. The molecular formula is C21H21F6N3O5S. The minimum atomic E-state index is -5.08. The van der Waals surface area contributed by atoms with Crippen molar-refractivity contribution in [1.29, 1.82) is 0 Å². The van der Waals surface area contributed by atoms with Crippen molar-refractivity contribution in [2.45, 2.75) is 25.3 Å². The zero-order valence-electron chi connectivity index (χ0n) is 18.4. The molecule has 0 radical (unpaired) electrons. The Morgan fingerprint density at radius 1 is 1.00 bits per heavy atom. The largest absolute Gasteiger partial charge is 0.490 e. The molecule has 2 aliphatic heterocycles. The fraction of sp³-hybridized carbons (Fsp3) is 0.429. The minimum Gasteiger partial charge on any atom is -0.475 e. The van der Waals surface area contributed by atoms with Gasteiger partial charge in [0, 0.05) is 44.0 Å². The summed E-state index contributed by atoms with van der Waals surface area (Å²) in [7, 11) is 0. The second-order valence-corrected chi connectivity index (χ2v) is 8.56. The van der Waals surface area contributed by atoms with Crippen LogP contribution in [0.15, 0.2) is 41.4 Å². The highest BCUT2D eigenvalue weighted by molar-refractivity contribution is 7.08. The number of fused-ring (bicyclic) bond motifs is 1. The molecule has 2 aromatic heterocycles. The normalized spacial score (nSPS) is 19.9. The van der Waals surface area contributed by atoms with Crippen LogP contribution in [0.25, 0.3) is 0 Å². The van der Waals surface area contributed by atoms with Gasteiger partial charge in [0.15, 0.2) is 0 Å². The quantitative estimate of drug-likeness (QED) is 0.568. The number of pyridine rings is 1. The Morgan fingerprint density at radius 2 is 1.56 bits per heavy atom. The van der Waals surface area contributed by atoms with Crippen molar-refractivity contribution in [2.75, 3.05) is 24.5 Å². The van der Waals surface area contributed by atoms with E-state index in [1.807, 2.05) is 28.7 Å². The van der Waals surface area contributed by atoms with E-state index in [1.165, 1.54) is 5.56 Å². The topological polar surface area (TPSA) is 111 Å². The van der Waals surface area contributed by atoms with Crippen LogP contribution in [0.4, 0.5) is 32.0 Å². The third-order valence-electron chi connectivity index (χ3n) is 5.28. The van der Waals surface area contributed by atoms with E-state index in [1.54, 1.807) is 11.3 Å². The Balaban J connectivity index is 0.000000271. The van der Waals surface area contributed by atoms with Gasteiger partial charge in [0.25, 0.3) is 0 Å². The van der Waals surface area contributed by atoms with Crippen LogP contribution in [0.1, 0.15) is 12.0 Å². The minimum absolute atomic E-state index is 0.162. The maximum absolute atomic E-state index is 12.8. The van der Waals surface area contributed by atoms with E-state index in [9.17, 15) is 31.1 Å². The molecule has 198 valence electrons. The SMILES string of the molecule is O=C(O)C(F)(F)F.O=C(O)C(F)(F)F.O=C1[C@H]2CN(Cc3ccncc3)C[C@@H]2CCN1c1ccsc1. The predicted molar refractivity (Wildman–Crippen MR) is 115 cm³/mol. The molecule has 0 aromatic carbocycles. The number of rotatable bonds is 3. The van der Waals surface area contributed by atoms with Crippen LogP contribution in [-0.4, -0.2) is 69.9 Å². The molecular weight excluding hydrogens is 520 g/mol. The molecule has 0 spiro atoms. The first kappa shape index (κ1) is 29.0. The molecule has 4 heterocycles. The number of anilines is 1. The second kappa shape index (κ2) is 12.2. The van der Waals surface area contributed by atoms with E-state index in [0.29, 0.717) is 11.8 Å². The van der Waals surface area contributed by atoms with Gasteiger partial charge < -0.3 is 15.1 Å². The van der Waals surface area contributed by atoms with Crippen molar-refractivity contribution in [1.82, 2.24) is 9.88 Å². The fourth-order valence-corrected chi connectivity index (χ4v) is 4.32. The zero-order valence-corrected chi connectivity index (χ0v) is 19.2. The number of halogens is 6. The number of alkyl halides is 6. The van der Waals surface area contributed by atoms with Crippen LogP contribution in [0.5, 0.6) is 0 Å². The van der Waals surface area contributed by atoms with Crippen LogP contribution in [0.2, 0.25) is 0 Å². The van der Waals surface area contributed by atoms with Gasteiger partial charge in [-0.3, -0.25) is 14.7 Å². The number of carboxylic acid groups (broad SMARTS) is 2. The first-order valence-electron chi connectivity index (χ1n) is 10.2. The van der Waals surface area contributed by atoms with Gasteiger partial charge >= 0.3 is 24.3 Å². The zero-order chi connectivity index (χ0) is 27.1. The van der Waals surface area contributed by atoms with E-state index >= 15 is 0 Å². The van der Waals surface area contributed by atoms with E-state index in [2.05, 4.69) is 27.4 Å². The lowest BCUT2D eigenvalue weighted by molar-refractivity contribution is -0.193. The summed E-state index contributed by atoms with van der Waals surface area (Å²) in [5.41, 5.74) is 2.34. The highest BCUT2D eigenvalue weighted by atomic mass is 32.1. The van der Waals surface area contributed by atoms with E-state index in [-0.39, 0.29) is 5.92 Å². The molecule has 4 rings (SSSR count). The molecule has 2 aliphatic rings. The Kier molecular flexibility index (Phi) is 9.81. The molecule has 0 saturated carbocycles. The maximum atomic E-state index is 12.8. The average Bonchev–Trinajstić information content (AvgIpc) is 3.45. The Morgan fingerprint density at radius 3 is 2.03 bits per heavy atom. The fourth-order valence-electron chi connectivity index (χ4n) is 3.68. The van der Waals surface area contributed by atoms with Crippen molar-refractivity contribution in [3.05, 3.63) is 46.9 Å². The van der Waals surface area contributed by atoms with Gasteiger partial charge in [0.05, 0.1) is 11.6 Å². The van der Waals surface area contributed by atoms with Gasteiger partial charge in [-0.2, -0.15) is 37.7 Å². The number of aromatic nitrogens is 1. The van der Waals surface area contributed by atoms with Crippen molar-refractivity contribution >= 4 is 34.9 Å². The van der Waals surface area contributed by atoms with Gasteiger partial charge in [0.1, 0.15) is 0 Å². The summed E-state index contributed by atoms with van der Waals surface area (Å²) in [6.45, 7) is 3.70. The van der Waals surface area contributed by atoms with Crippen LogP contribution in [-0.2, 0) is 20.9 Å². The standard InChI is InChI=1S/C17H19N3OS.2C2HF3O2/c21-17-16-11-19(9-13-1-5-18-6-2-13)10-14(16)3-7-20(17)15-4-8-22-12-15;2*3-2(4,5)1(6)7/h1-2,4-6,8,12,14,16H,3,7,9-11H2;2*(H,6,7)/t14-,16-;;/m0../s1. The monoisotopic (exact) mass is 541 g/mol. The summed E-state index contributed by atoms with van der Waals surface area (Å²) < 4.78 is 63.5. The lowest BCUT2D eigenvalue weighted by Crippen LogP contribution is -2.45. The lowest BCUT2D eigenvalue weighted by atomic mass is 9.88. The van der Waals surface area contributed by atoms with Gasteiger partial charge in [-0.25, -0.2) is 9.59 Å². The van der Waals surface area contributed by atoms with Gasteiger partial charge in [-0.1, -0.05) is 0 Å². The molecule has 0 bridgehead atoms. The van der Waals surface area contributed by atoms with Crippen molar-refractivity contribution in [2.24, 2.45) is 11.8 Å². The third kappa shape index (κ3) is 8.48. The number of piperidine rings is 1. The van der Waals surface area contributed by atoms with Crippen LogP contribution in [0.3, 0.4) is 0 Å². The maximum Gasteiger partial charge on any atom is 0.490 e. The molecule has 36 heavy (non-hydrogen) atoms. The number of hydrogen-bond acceptors (Lipinski definition) is 6. The molecule has 1 amide bonds. The summed E-state index contributed by atoms with van der Waals surface area (Å²) in [6, 6.07) is 6.16. The Hall–Kier alpha value is -3.20. The summed E-state index contributed by atoms with van der Waals surface area (Å²) in [4.78, 5) is 39.0. The summed E-state index contributed by atoms with van der Waals surface area (Å²) >= 11 is 1.65. The number of carbonyl (C=O) groups is 3. The molecule has 2 fully saturated rings. The molecule has 0 unspecified atom stereocenters. The van der Waals surface area contributed by atoms with E-state index in [4.69, 9.17) is 19.8 Å². The number of amides is 1. The smallest absolute Gasteiger partial charge is 0.475 e. The molecule has 2 aromatic rings. The number of thiophene rings is 1. The first-order chi connectivity index (χ1) is 16.7. The van der Waals surface area contributed by atoms with E-state index in [0.717, 1.165) is 38.3 Å². The molecule has 2 N–H and O–H groups in total. The number of nitrogens with zero attached hydrogens (tertiary/aromatic N) is 3. The number of aliphatic carboxylic acids is 2. The second-order valence-electron chi connectivity index (χ2n) is 7.78. The molecule has 2 saturated heterocycles. The number of carbonyl (C=O) groups excluding carboxylic acids is 1. The number of carboxylic acids is 2. The number of hydrogen-bond donors (Lipinski definition) is 2. The van der Waals surface area contributed by atoms with Crippen LogP contribution >= 0.6 is 11.3 Å². The van der Waals surface area contributed by atoms with Crippen molar-refractivity contribution < 1.29 is 50.9 Å². The third-order valence-corrected chi connectivity index (χ3v) is 5.95. The first-order valence-corrected chi connectivity index (χ1v) is 11.2. The van der Waals surface area contributed by atoms with Crippen LogP contribution < -0.4 is 4.90 Å². The van der Waals surface area contributed by atoms with E-state index < -0.39 is 24.3 Å². The Bertz CT molecular complexity index is 993. The molecule has 2 atom stereocenters. The van der Waals surface area contributed by atoms with Gasteiger partial charge in [-0.05, 0) is 41.5 Å². The molecule has 8 nitrogen and oxygen atoms in total.